The Labute approximate surface area is 80.3 Å². The molecule has 0 spiro atoms. The molecule has 0 saturated heterocycles. The van der Waals surface area contributed by atoms with E-state index in [1.54, 1.807) is 0 Å². The summed E-state index contributed by atoms with van der Waals surface area (Å²) in [6.07, 6.45) is 7.74. The lowest BCUT2D eigenvalue weighted by Gasteiger charge is -2.30. The number of carboxylic acid groups (broad SMARTS) is 1. The van der Waals surface area contributed by atoms with Gasteiger partial charge in [0.1, 0.15) is 0 Å². The molecule has 1 aliphatic carbocycles. The van der Waals surface area contributed by atoms with Crippen LogP contribution in [0.15, 0.2) is 0 Å². The van der Waals surface area contributed by atoms with Crippen molar-refractivity contribution in [1.29, 1.82) is 0 Å². The largest absolute Gasteiger partial charge is 0.481 e. The molecule has 76 valence electrons. The van der Waals surface area contributed by atoms with Crippen LogP contribution in [-0.2, 0) is 4.79 Å². The molecule has 1 N–H and O–H groups in total. The number of hydrogen-bond acceptors (Lipinski definition) is 1. The second-order valence-electron chi connectivity index (χ2n) is 4.19. The van der Waals surface area contributed by atoms with E-state index in [0.717, 1.165) is 6.42 Å². The van der Waals surface area contributed by atoms with E-state index in [4.69, 9.17) is 5.11 Å². The number of carboxylic acids is 1. The van der Waals surface area contributed by atoms with Crippen LogP contribution in [0.3, 0.4) is 0 Å². The third-order valence-corrected chi connectivity index (χ3v) is 3.16. The summed E-state index contributed by atoms with van der Waals surface area (Å²) in [5.74, 6) is 0.536. The molecule has 2 nitrogen and oxygen atoms in total. The molecule has 0 aliphatic heterocycles. The van der Waals surface area contributed by atoms with Gasteiger partial charge in [0.25, 0.3) is 0 Å². The van der Waals surface area contributed by atoms with Crippen LogP contribution in [0.25, 0.3) is 0 Å². The van der Waals surface area contributed by atoms with Crippen LogP contribution in [0.2, 0.25) is 0 Å². The third kappa shape index (κ3) is 3.37. The molecular weight excluding hydrogens is 164 g/mol. The lowest BCUT2D eigenvalue weighted by atomic mass is 9.75. The topological polar surface area (TPSA) is 37.3 Å². The molecule has 1 rings (SSSR count). The van der Waals surface area contributed by atoms with Gasteiger partial charge in [-0.05, 0) is 18.3 Å². The molecule has 2 atom stereocenters. The molecule has 0 aromatic heterocycles. The van der Waals surface area contributed by atoms with Crippen molar-refractivity contribution < 1.29 is 9.90 Å². The normalized spacial score (nSPS) is 28.7. The fraction of sp³-hybridized carbons (Fsp3) is 0.909. The van der Waals surface area contributed by atoms with Gasteiger partial charge in [0.05, 0.1) is 0 Å². The van der Waals surface area contributed by atoms with E-state index >= 15 is 0 Å². The van der Waals surface area contributed by atoms with Gasteiger partial charge in [0.2, 0.25) is 0 Å². The summed E-state index contributed by atoms with van der Waals surface area (Å²) in [5.41, 5.74) is 0. The van der Waals surface area contributed by atoms with Gasteiger partial charge in [-0.25, -0.2) is 0 Å². The Morgan fingerprint density at radius 1 is 1.31 bits per heavy atom. The van der Waals surface area contributed by atoms with Gasteiger partial charge in [0.15, 0.2) is 0 Å². The van der Waals surface area contributed by atoms with Crippen LogP contribution >= 0.6 is 0 Å². The molecule has 0 aromatic carbocycles. The standard InChI is InChI=1S/C11H20O2/c1-2-5-9-6-3-4-7-10(9)8-11(12)13/h9-10H,2-8H2,1H3,(H,12,13). The molecule has 2 unspecified atom stereocenters. The van der Waals surface area contributed by atoms with Crippen LogP contribution in [-0.4, -0.2) is 11.1 Å². The second-order valence-corrected chi connectivity index (χ2v) is 4.19. The maximum absolute atomic E-state index is 10.6. The molecule has 2 heteroatoms. The average molecular weight is 184 g/mol. The lowest BCUT2D eigenvalue weighted by molar-refractivity contribution is -0.138. The van der Waals surface area contributed by atoms with Gasteiger partial charge in [-0.1, -0.05) is 39.0 Å². The summed E-state index contributed by atoms with van der Waals surface area (Å²) in [5, 5.41) is 8.75. The van der Waals surface area contributed by atoms with Crippen LogP contribution in [0.1, 0.15) is 51.9 Å². The number of hydrogen-bond donors (Lipinski definition) is 1. The first-order valence-corrected chi connectivity index (χ1v) is 5.45. The minimum absolute atomic E-state index is 0.394. The molecule has 0 amide bonds. The summed E-state index contributed by atoms with van der Waals surface area (Å²) in [6, 6.07) is 0. The number of rotatable bonds is 4. The molecule has 0 aromatic rings. The third-order valence-electron chi connectivity index (χ3n) is 3.16. The molecule has 0 bridgehead atoms. The fourth-order valence-corrected chi connectivity index (χ4v) is 2.53. The van der Waals surface area contributed by atoms with E-state index in [-0.39, 0.29) is 0 Å². The fourth-order valence-electron chi connectivity index (χ4n) is 2.53. The molecular formula is C11H20O2. The Hall–Kier alpha value is -0.530. The Morgan fingerprint density at radius 2 is 1.92 bits per heavy atom. The first-order chi connectivity index (χ1) is 6.24. The maximum atomic E-state index is 10.6. The highest BCUT2D eigenvalue weighted by atomic mass is 16.4. The highest BCUT2D eigenvalue weighted by Crippen LogP contribution is 2.35. The van der Waals surface area contributed by atoms with Crippen molar-refractivity contribution >= 4 is 5.97 Å². The smallest absolute Gasteiger partial charge is 0.303 e. The van der Waals surface area contributed by atoms with Gasteiger partial charge in [-0.2, -0.15) is 0 Å². The molecule has 0 heterocycles. The van der Waals surface area contributed by atoms with E-state index in [1.807, 2.05) is 0 Å². The Bertz CT molecular complexity index is 163. The number of aliphatic carboxylic acids is 1. The van der Waals surface area contributed by atoms with Gasteiger partial charge < -0.3 is 5.11 Å². The van der Waals surface area contributed by atoms with Crippen molar-refractivity contribution in [2.75, 3.05) is 0 Å². The summed E-state index contributed by atoms with van der Waals surface area (Å²) >= 11 is 0. The molecule has 1 fully saturated rings. The Morgan fingerprint density at radius 3 is 2.46 bits per heavy atom. The summed E-state index contributed by atoms with van der Waals surface area (Å²) < 4.78 is 0. The van der Waals surface area contributed by atoms with Gasteiger partial charge in [-0.3, -0.25) is 4.79 Å². The van der Waals surface area contributed by atoms with Crippen LogP contribution in [0.4, 0.5) is 0 Å². The summed E-state index contributed by atoms with van der Waals surface area (Å²) in [7, 11) is 0. The molecule has 1 aliphatic rings. The second kappa shape index (κ2) is 5.25. The maximum Gasteiger partial charge on any atom is 0.303 e. The predicted molar refractivity (Wildman–Crippen MR) is 52.6 cm³/mol. The summed E-state index contributed by atoms with van der Waals surface area (Å²) in [6.45, 7) is 2.19. The Kier molecular flexibility index (Phi) is 4.26. The van der Waals surface area contributed by atoms with Crippen molar-refractivity contribution in [3.63, 3.8) is 0 Å². The zero-order chi connectivity index (χ0) is 9.68. The molecule has 0 radical (unpaired) electrons. The monoisotopic (exact) mass is 184 g/mol. The van der Waals surface area contributed by atoms with Crippen LogP contribution < -0.4 is 0 Å². The average Bonchev–Trinajstić information content (AvgIpc) is 2.08. The highest BCUT2D eigenvalue weighted by molar-refractivity contribution is 5.67. The van der Waals surface area contributed by atoms with Gasteiger partial charge in [0, 0.05) is 6.42 Å². The van der Waals surface area contributed by atoms with E-state index in [0.29, 0.717) is 18.3 Å². The minimum Gasteiger partial charge on any atom is -0.481 e. The lowest BCUT2D eigenvalue weighted by Crippen LogP contribution is -2.22. The van der Waals surface area contributed by atoms with Gasteiger partial charge >= 0.3 is 5.97 Å². The van der Waals surface area contributed by atoms with Crippen molar-refractivity contribution in [2.24, 2.45) is 11.8 Å². The molecule has 13 heavy (non-hydrogen) atoms. The summed E-state index contributed by atoms with van der Waals surface area (Å²) in [4.78, 5) is 10.6. The highest BCUT2D eigenvalue weighted by Gasteiger charge is 2.25. The first-order valence-electron chi connectivity index (χ1n) is 5.45. The van der Waals surface area contributed by atoms with Crippen molar-refractivity contribution in [2.45, 2.75) is 51.9 Å². The van der Waals surface area contributed by atoms with E-state index in [9.17, 15) is 4.79 Å². The van der Waals surface area contributed by atoms with E-state index < -0.39 is 5.97 Å². The predicted octanol–water partition coefficient (Wildman–Crippen LogP) is 3.07. The quantitative estimate of drug-likeness (QED) is 0.729. The minimum atomic E-state index is -0.618. The first kappa shape index (κ1) is 10.6. The van der Waals surface area contributed by atoms with Crippen molar-refractivity contribution in [3.8, 4) is 0 Å². The van der Waals surface area contributed by atoms with Crippen molar-refractivity contribution in [1.82, 2.24) is 0 Å². The number of carbonyl (C=O) groups is 1. The SMILES string of the molecule is CCCC1CCCCC1CC(=O)O. The van der Waals surface area contributed by atoms with Crippen molar-refractivity contribution in [3.05, 3.63) is 0 Å². The van der Waals surface area contributed by atoms with Crippen LogP contribution in [0, 0.1) is 11.8 Å². The Balaban J connectivity index is 2.41. The zero-order valence-electron chi connectivity index (χ0n) is 8.46. The van der Waals surface area contributed by atoms with Crippen LogP contribution in [0.5, 0.6) is 0 Å². The zero-order valence-corrected chi connectivity index (χ0v) is 8.46. The van der Waals surface area contributed by atoms with E-state index in [2.05, 4.69) is 6.92 Å². The van der Waals surface area contributed by atoms with E-state index in [1.165, 1.54) is 32.1 Å². The molecule has 1 saturated carbocycles. The van der Waals surface area contributed by atoms with Gasteiger partial charge in [-0.15, -0.1) is 0 Å².